The van der Waals surface area contributed by atoms with Gasteiger partial charge in [-0.2, -0.15) is 0 Å². The number of benzene rings is 2. The van der Waals surface area contributed by atoms with E-state index in [1.807, 2.05) is 19.9 Å². The van der Waals surface area contributed by atoms with Gasteiger partial charge in [-0.3, -0.25) is 19.9 Å². The van der Waals surface area contributed by atoms with E-state index in [0.717, 1.165) is 35.6 Å². The van der Waals surface area contributed by atoms with Crippen molar-refractivity contribution < 1.29 is 9.59 Å². The molecule has 2 amide bonds. The number of guanidine groups is 1. The first-order valence-corrected chi connectivity index (χ1v) is 12.1. The average Bonchev–Trinajstić information content (AvgIpc) is 2.85. The Kier molecular flexibility index (Phi) is 10.9. The van der Waals surface area contributed by atoms with Gasteiger partial charge in [0, 0.05) is 13.0 Å². The molecule has 0 bridgehead atoms. The maximum atomic E-state index is 12.2. The number of hydrogen-bond donors (Lipinski definition) is 5. The van der Waals surface area contributed by atoms with Crippen molar-refractivity contribution in [1.29, 1.82) is 0 Å². The molecular formula is C25H33ClN8O2. The third kappa shape index (κ3) is 8.38. The normalized spacial score (nSPS) is 11.0. The predicted molar refractivity (Wildman–Crippen MR) is 146 cm³/mol. The molecule has 1 heterocycles. The van der Waals surface area contributed by atoms with Crippen LogP contribution in [0, 0.1) is 0 Å². The summed E-state index contributed by atoms with van der Waals surface area (Å²) in [6, 6.07) is 12.5. The number of rotatable bonds is 9. The van der Waals surface area contributed by atoms with Crippen LogP contribution in [0.15, 0.2) is 41.4 Å². The largest absolute Gasteiger partial charge is 0.382 e. The SMILES string of the molecule is CC.NC(=O)CCc1ccc2cc(CCCCN=C(N)NC(=O)c3nc(Cl)c(N)nc3N)ccc2c1. The lowest BCUT2D eigenvalue weighted by Gasteiger charge is -2.07. The van der Waals surface area contributed by atoms with Crippen molar-refractivity contribution in [2.75, 3.05) is 18.0 Å². The van der Waals surface area contributed by atoms with Gasteiger partial charge in [0.05, 0.1) is 0 Å². The summed E-state index contributed by atoms with van der Waals surface area (Å²) in [6.07, 6.45) is 3.57. The van der Waals surface area contributed by atoms with E-state index in [2.05, 4.69) is 50.6 Å². The summed E-state index contributed by atoms with van der Waals surface area (Å²) in [4.78, 5) is 35.0. The van der Waals surface area contributed by atoms with Crippen LogP contribution in [0.1, 0.15) is 54.7 Å². The molecule has 0 saturated heterocycles. The molecule has 2 aromatic carbocycles. The third-order valence-electron chi connectivity index (χ3n) is 5.15. The number of hydrogen-bond acceptors (Lipinski definition) is 7. The van der Waals surface area contributed by atoms with Gasteiger partial charge in [0.25, 0.3) is 5.91 Å². The number of unbranched alkanes of at least 4 members (excludes halogenated alkanes) is 1. The van der Waals surface area contributed by atoms with Crippen LogP contribution in [0.3, 0.4) is 0 Å². The van der Waals surface area contributed by atoms with E-state index in [1.165, 1.54) is 5.56 Å². The number of nitrogens with one attached hydrogen (secondary N) is 1. The van der Waals surface area contributed by atoms with Gasteiger partial charge in [-0.1, -0.05) is 61.8 Å². The number of fused-ring (bicyclic) bond motifs is 1. The Morgan fingerprint density at radius 2 is 1.53 bits per heavy atom. The van der Waals surface area contributed by atoms with E-state index in [4.69, 9.17) is 34.5 Å². The average molecular weight is 513 g/mol. The number of nitrogens with zero attached hydrogens (tertiary/aromatic N) is 3. The minimum Gasteiger partial charge on any atom is -0.382 e. The van der Waals surface area contributed by atoms with Crippen LogP contribution in [-0.4, -0.2) is 34.3 Å². The number of aryl methyl sites for hydroxylation is 2. The molecule has 192 valence electrons. The number of aromatic nitrogens is 2. The van der Waals surface area contributed by atoms with E-state index >= 15 is 0 Å². The number of nitrogen functional groups attached to an aromatic ring is 2. The monoisotopic (exact) mass is 512 g/mol. The lowest BCUT2D eigenvalue weighted by Crippen LogP contribution is -2.38. The van der Waals surface area contributed by atoms with Gasteiger partial charge in [0.15, 0.2) is 28.4 Å². The number of primary amides is 1. The summed E-state index contributed by atoms with van der Waals surface area (Å²) in [6.45, 7) is 4.45. The molecular weight excluding hydrogens is 480 g/mol. The van der Waals surface area contributed by atoms with Crippen LogP contribution >= 0.6 is 11.6 Å². The first kappa shape index (κ1) is 28.3. The summed E-state index contributed by atoms with van der Waals surface area (Å²) in [5.41, 5.74) is 24.3. The minimum atomic E-state index is -0.665. The molecule has 0 aliphatic rings. The van der Waals surface area contributed by atoms with Gasteiger partial charge < -0.3 is 22.9 Å². The summed E-state index contributed by atoms with van der Waals surface area (Å²) in [7, 11) is 0. The third-order valence-corrected chi connectivity index (χ3v) is 5.42. The van der Waals surface area contributed by atoms with Gasteiger partial charge in [-0.15, -0.1) is 0 Å². The summed E-state index contributed by atoms with van der Waals surface area (Å²) in [5.74, 6) is -1.22. The van der Waals surface area contributed by atoms with Crippen LogP contribution in [0.2, 0.25) is 5.15 Å². The molecule has 0 unspecified atom stereocenters. The highest BCUT2D eigenvalue weighted by Crippen LogP contribution is 2.20. The predicted octanol–water partition coefficient (Wildman–Crippen LogP) is 2.96. The molecule has 9 N–H and O–H groups in total. The van der Waals surface area contributed by atoms with Gasteiger partial charge >= 0.3 is 0 Å². The van der Waals surface area contributed by atoms with Crippen LogP contribution in [0.5, 0.6) is 0 Å². The van der Waals surface area contributed by atoms with E-state index in [-0.39, 0.29) is 34.3 Å². The van der Waals surface area contributed by atoms with Gasteiger partial charge in [0.1, 0.15) is 0 Å². The summed E-state index contributed by atoms with van der Waals surface area (Å²) in [5, 5.41) is 4.57. The maximum absolute atomic E-state index is 12.2. The molecule has 0 atom stereocenters. The Balaban J connectivity index is 0.00000222. The Morgan fingerprint density at radius 1 is 0.917 bits per heavy atom. The molecule has 36 heavy (non-hydrogen) atoms. The van der Waals surface area contributed by atoms with Gasteiger partial charge in [-0.25, -0.2) is 9.97 Å². The Hall–Kier alpha value is -3.92. The number of carbonyl (C=O) groups is 2. The van der Waals surface area contributed by atoms with Crippen LogP contribution in [-0.2, 0) is 17.6 Å². The van der Waals surface area contributed by atoms with E-state index in [0.29, 0.717) is 19.4 Å². The molecule has 3 rings (SSSR count). The first-order valence-electron chi connectivity index (χ1n) is 11.7. The standard InChI is InChI=1S/C23H27ClN8O2.C2H6/c24-19-21(27)31-20(26)18(30-19)22(34)32-23(28)29-10-2-1-3-13-4-7-16-12-14(6-9-17(25)33)5-8-15(16)11-13;1-2/h4-5,7-8,11-12H,1-3,6,9-10H2,(H2,25,33)(H4,26,27,31)(H3,28,29,32,34);1-2H3. The quantitative estimate of drug-likeness (QED) is 0.165. The number of amides is 2. The van der Waals surface area contributed by atoms with E-state index in [9.17, 15) is 9.59 Å². The van der Waals surface area contributed by atoms with Crippen LogP contribution in [0.25, 0.3) is 10.8 Å². The number of aliphatic imine (C=N–C) groups is 1. The number of nitrogens with two attached hydrogens (primary N) is 4. The highest BCUT2D eigenvalue weighted by Gasteiger charge is 2.16. The maximum Gasteiger partial charge on any atom is 0.280 e. The zero-order valence-electron chi connectivity index (χ0n) is 20.6. The molecule has 0 spiro atoms. The van der Waals surface area contributed by atoms with Gasteiger partial charge in [0.2, 0.25) is 5.91 Å². The molecule has 0 aliphatic heterocycles. The topological polar surface area (TPSA) is 188 Å². The first-order chi connectivity index (χ1) is 17.2. The Labute approximate surface area is 215 Å². The lowest BCUT2D eigenvalue weighted by molar-refractivity contribution is -0.117. The zero-order chi connectivity index (χ0) is 26.7. The number of carbonyl (C=O) groups excluding carboxylic acids is 2. The zero-order valence-corrected chi connectivity index (χ0v) is 21.3. The Morgan fingerprint density at radius 3 is 2.14 bits per heavy atom. The molecule has 0 radical (unpaired) electrons. The molecule has 0 fully saturated rings. The molecule has 0 aliphatic carbocycles. The second-order valence-corrected chi connectivity index (χ2v) is 8.15. The van der Waals surface area contributed by atoms with Crippen molar-refractivity contribution in [2.45, 2.75) is 46.0 Å². The van der Waals surface area contributed by atoms with Crippen molar-refractivity contribution in [2.24, 2.45) is 16.5 Å². The minimum absolute atomic E-state index is 0.0445. The fourth-order valence-corrected chi connectivity index (χ4v) is 3.51. The molecule has 3 aromatic rings. The fourth-order valence-electron chi connectivity index (χ4n) is 3.39. The highest BCUT2D eigenvalue weighted by atomic mass is 35.5. The second kappa shape index (κ2) is 13.8. The summed E-state index contributed by atoms with van der Waals surface area (Å²) < 4.78 is 0. The summed E-state index contributed by atoms with van der Waals surface area (Å²) >= 11 is 5.79. The second-order valence-electron chi connectivity index (χ2n) is 7.79. The van der Waals surface area contributed by atoms with Crippen molar-refractivity contribution in [3.8, 4) is 0 Å². The van der Waals surface area contributed by atoms with Crippen molar-refractivity contribution in [3.05, 3.63) is 58.4 Å². The van der Waals surface area contributed by atoms with Gasteiger partial charge in [-0.05, 0) is 47.6 Å². The van der Waals surface area contributed by atoms with Crippen LogP contribution < -0.4 is 28.3 Å². The van der Waals surface area contributed by atoms with Crippen LogP contribution in [0.4, 0.5) is 11.6 Å². The molecule has 10 nitrogen and oxygen atoms in total. The molecule has 1 aromatic heterocycles. The number of halogens is 1. The molecule has 0 saturated carbocycles. The van der Waals surface area contributed by atoms with Crippen molar-refractivity contribution in [1.82, 2.24) is 15.3 Å². The van der Waals surface area contributed by atoms with Crippen molar-refractivity contribution in [3.63, 3.8) is 0 Å². The highest BCUT2D eigenvalue weighted by molar-refractivity contribution is 6.31. The fraction of sp³-hybridized carbons (Fsp3) is 0.320. The van der Waals surface area contributed by atoms with Crippen molar-refractivity contribution >= 4 is 51.8 Å². The van der Waals surface area contributed by atoms with E-state index in [1.54, 1.807) is 0 Å². The Bertz CT molecular complexity index is 1250. The lowest BCUT2D eigenvalue weighted by atomic mass is 10.00. The molecule has 11 heteroatoms. The number of anilines is 2. The van der Waals surface area contributed by atoms with E-state index < -0.39 is 5.91 Å². The smallest absolute Gasteiger partial charge is 0.280 e.